The van der Waals surface area contributed by atoms with Gasteiger partial charge >= 0.3 is 0 Å². The van der Waals surface area contributed by atoms with Crippen molar-refractivity contribution in [3.63, 3.8) is 0 Å². The molecule has 0 spiro atoms. The van der Waals surface area contributed by atoms with Gasteiger partial charge in [0.2, 0.25) is 20.0 Å². The summed E-state index contributed by atoms with van der Waals surface area (Å²) in [6.45, 7) is 27.6. The van der Waals surface area contributed by atoms with Crippen molar-refractivity contribution >= 4 is 36.7 Å². The van der Waals surface area contributed by atoms with Crippen LogP contribution in [-0.2, 0) is 28.9 Å². The van der Waals surface area contributed by atoms with E-state index in [2.05, 4.69) is 88.1 Å². The van der Waals surface area contributed by atoms with Crippen LogP contribution >= 0.6 is 0 Å². The van der Waals surface area contributed by atoms with Crippen molar-refractivity contribution in [2.24, 2.45) is 10.3 Å². The molecule has 4 atom stereocenters. The molecule has 0 unspecified atom stereocenters. The Morgan fingerprint density at radius 3 is 1.07 bits per heavy atom. The first-order valence-corrected chi connectivity index (χ1v) is 23.5. The lowest BCUT2D eigenvalue weighted by Crippen LogP contribution is -2.45. The maximum atomic E-state index is 11.8. The molecule has 0 aliphatic rings. The van der Waals surface area contributed by atoms with Crippen molar-refractivity contribution in [3.8, 4) is 0 Å². The molecular formula is C28H54N6O6S2Si2. The highest BCUT2D eigenvalue weighted by molar-refractivity contribution is 7.90. The van der Waals surface area contributed by atoms with Gasteiger partial charge in [0, 0.05) is 0 Å². The molecule has 0 saturated heterocycles. The normalized spacial score (nSPS) is 16.4. The van der Waals surface area contributed by atoms with Crippen LogP contribution in [0.25, 0.3) is 0 Å². The Balaban J connectivity index is 0.000000440. The van der Waals surface area contributed by atoms with E-state index in [1.165, 1.54) is 0 Å². The summed E-state index contributed by atoms with van der Waals surface area (Å²) in [7, 11) is -11.9. The van der Waals surface area contributed by atoms with Crippen LogP contribution in [0.5, 0.6) is 0 Å². The summed E-state index contributed by atoms with van der Waals surface area (Å²) < 4.78 is 59.8. The molecular weight excluding hydrogens is 637 g/mol. The molecule has 12 nitrogen and oxygen atoms in total. The fourth-order valence-corrected chi connectivity index (χ4v) is 7.15. The summed E-state index contributed by atoms with van der Waals surface area (Å²) in [5, 5.41) is 25.0. The Kier molecular flexibility index (Phi) is 13.2. The van der Waals surface area contributed by atoms with Crippen LogP contribution in [0.1, 0.15) is 90.4 Å². The molecule has 4 N–H and O–H groups in total. The topological polar surface area (TPSA) is 190 Å². The Labute approximate surface area is 267 Å². The quantitative estimate of drug-likeness (QED) is 0.319. The number of rotatable bonds is 10. The largest absolute Gasteiger partial charge is 0.407 e. The van der Waals surface area contributed by atoms with Crippen LogP contribution in [-0.4, -0.2) is 64.4 Å². The average molecular weight is 691 g/mol. The molecule has 0 aliphatic carbocycles. The monoisotopic (exact) mass is 690 g/mol. The standard InChI is InChI=1S/2C14H27N3O3SSi/c2*1-10-8-9-12(17-16-10)13(11(2)21(15,18)19)20-22(6,7)14(3,4)5/h2*8-9,11,13H,1-7H3,(H2,15,18,19)/t2*11-,13+/m10/s1. The van der Waals surface area contributed by atoms with E-state index in [1.54, 1.807) is 38.1 Å². The van der Waals surface area contributed by atoms with Gasteiger partial charge in [0.15, 0.2) is 16.6 Å². The van der Waals surface area contributed by atoms with Crippen LogP contribution < -0.4 is 10.3 Å². The smallest absolute Gasteiger partial charge is 0.214 e. The van der Waals surface area contributed by atoms with Gasteiger partial charge in [-0.3, -0.25) is 0 Å². The van der Waals surface area contributed by atoms with Crippen molar-refractivity contribution in [2.45, 2.75) is 128 Å². The van der Waals surface area contributed by atoms with E-state index in [0.29, 0.717) is 11.4 Å². The SMILES string of the molecule is Cc1ccc([C@@H](O[Si](C)(C)C(C)(C)C)[C@@H](C)S(N)(=O)=O)nn1.Cc1ccc([C@H](O[Si](C)(C)C(C)(C)C)[C@H](C)S(N)(=O)=O)nn1. The van der Waals surface area contributed by atoms with E-state index in [0.717, 1.165) is 11.4 Å². The minimum absolute atomic E-state index is 0.0541. The Bertz CT molecular complexity index is 1330. The molecule has 0 saturated carbocycles. The highest BCUT2D eigenvalue weighted by Gasteiger charge is 2.44. The molecule has 2 aromatic heterocycles. The van der Waals surface area contributed by atoms with Crippen molar-refractivity contribution in [3.05, 3.63) is 47.0 Å². The van der Waals surface area contributed by atoms with Crippen molar-refractivity contribution in [2.75, 3.05) is 0 Å². The lowest BCUT2D eigenvalue weighted by atomic mass is 10.2. The first-order valence-electron chi connectivity index (χ1n) is 14.5. The van der Waals surface area contributed by atoms with Gasteiger partial charge in [-0.1, -0.05) is 41.5 Å². The van der Waals surface area contributed by atoms with Gasteiger partial charge in [0.25, 0.3) is 0 Å². The second-order valence-electron chi connectivity index (χ2n) is 14.4. The molecule has 0 radical (unpaired) electrons. The molecule has 0 fully saturated rings. The molecule has 0 bridgehead atoms. The summed E-state index contributed by atoms with van der Waals surface area (Å²) >= 11 is 0. The van der Waals surface area contributed by atoms with E-state index < -0.39 is 59.4 Å². The molecule has 252 valence electrons. The summed E-state index contributed by atoms with van der Waals surface area (Å²) in [5.41, 5.74) is 2.52. The second-order valence-corrected chi connectivity index (χ2v) is 27.7. The van der Waals surface area contributed by atoms with Gasteiger partial charge in [-0.2, -0.15) is 20.4 Å². The lowest BCUT2D eigenvalue weighted by molar-refractivity contribution is 0.175. The van der Waals surface area contributed by atoms with E-state index in [9.17, 15) is 16.8 Å². The number of sulfonamides is 2. The van der Waals surface area contributed by atoms with Crippen LogP contribution in [0.15, 0.2) is 24.3 Å². The third kappa shape index (κ3) is 11.3. The highest BCUT2D eigenvalue weighted by atomic mass is 32.2. The fraction of sp³-hybridized carbons (Fsp3) is 0.714. The lowest BCUT2D eigenvalue weighted by Gasteiger charge is -2.40. The molecule has 16 heteroatoms. The van der Waals surface area contributed by atoms with Crippen LogP contribution in [0.3, 0.4) is 0 Å². The number of nitrogens with zero attached hydrogens (tertiary/aromatic N) is 4. The molecule has 0 amide bonds. The van der Waals surface area contributed by atoms with Crippen molar-refractivity contribution in [1.82, 2.24) is 20.4 Å². The van der Waals surface area contributed by atoms with Gasteiger partial charge in [0.05, 0.1) is 22.8 Å². The second kappa shape index (κ2) is 14.4. The van der Waals surface area contributed by atoms with E-state index >= 15 is 0 Å². The predicted molar refractivity (Wildman–Crippen MR) is 181 cm³/mol. The van der Waals surface area contributed by atoms with E-state index in [-0.39, 0.29) is 10.1 Å². The maximum Gasteiger partial charge on any atom is 0.214 e. The van der Waals surface area contributed by atoms with Crippen LogP contribution in [0, 0.1) is 13.8 Å². The number of aryl methyl sites for hydroxylation is 2. The number of nitrogens with two attached hydrogens (primary N) is 2. The average Bonchev–Trinajstić information content (AvgIpc) is 2.84. The molecule has 2 rings (SSSR count). The van der Waals surface area contributed by atoms with Crippen molar-refractivity contribution in [1.29, 1.82) is 0 Å². The van der Waals surface area contributed by atoms with Gasteiger partial charge in [0.1, 0.15) is 22.7 Å². The fourth-order valence-electron chi connectivity index (χ4n) is 3.25. The van der Waals surface area contributed by atoms with Crippen LogP contribution in [0.4, 0.5) is 0 Å². The van der Waals surface area contributed by atoms with Gasteiger partial charge in [-0.25, -0.2) is 27.1 Å². The number of aromatic nitrogens is 4. The Morgan fingerprint density at radius 2 is 0.886 bits per heavy atom. The minimum Gasteiger partial charge on any atom is -0.407 e. The van der Waals surface area contributed by atoms with Crippen molar-refractivity contribution < 1.29 is 25.7 Å². The maximum absolute atomic E-state index is 11.8. The zero-order chi connectivity index (χ0) is 34.7. The van der Waals surface area contributed by atoms with Gasteiger partial charge < -0.3 is 8.85 Å². The first kappa shape index (κ1) is 40.4. The Hall–Kier alpha value is -1.67. The molecule has 0 aromatic carbocycles. The zero-order valence-electron chi connectivity index (χ0n) is 28.8. The number of hydrogen-bond donors (Lipinski definition) is 2. The van der Waals surface area contributed by atoms with Crippen LogP contribution in [0.2, 0.25) is 36.3 Å². The third-order valence-electron chi connectivity index (χ3n) is 8.56. The summed E-state index contributed by atoms with van der Waals surface area (Å²) in [6, 6.07) is 7.09. The number of primary sulfonamides is 2. The van der Waals surface area contributed by atoms with E-state index in [1.807, 2.05) is 13.8 Å². The minimum atomic E-state index is -3.75. The predicted octanol–water partition coefficient (Wildman–Crippen LogP) is 5.05. The summed E-state index contributed by atoms with van der Waals surface area (Å²) in [6.07, 6.45) is -1.44. The van der Waals surface area contributed by atoms with Gasteiger partial charge in [-0.15, -0.1) is 0 Å². The molecule has 2 aromatic rings. The Morgan fingerprint density at radius 1 is 0.614 bits per heavy atom. The van der Waals surface area contributed by atoms with E-state index in [4.69, 9.17) is 19.1 Å². The number of hydrogen-bond acceptors (Lipinski definition) is 10. The highest BCUT2D eigenvalue weighted by Crippen LogP contribution is 2.42. The molecule has 44 heavy (non-hydrogen) atoms. The molecule has 0 aliphatic heterocycles. The summed E-state index contributed by atoms with van der Waals surface area (Å²) in [5.74, 6) is 0. The summed E-state index contributed by atoms with van der Waals surface area (Å²) in [4.78, 5) is 0. The molecule has 2 heterocycles. The third-order valence-corrected chi connectivity index (χ3v) is 20.0. The zero-order valence-corrected chi connectivity index (χ0v) is 32.5. The van der Waals surface area contributed by atoms with Gasteiger partial charge in [-0.05, 0) is 88.2 Å². The first-order chi connectivity index (χ1) is 19.5.